The normalized spacial score (nSPS) is 31.9. The number of fused-ring (bicyclic) bond motifs is 6. The molecule has 4 atom stereocenters. The van der Waals surface area contributed by atoms with Gasteiger partial charge in [-0.15, -0.1) is 0 Å². The van der Waals surface area contributed by atoms with Crippen LogP contribution in [0.1, 0.15) is 24.5 Å². The lowest BCUT2D eigenvalue weighted by Crippen LogP contribution is -2.69. The maximum absolute atomic E-state index is 13.6. The Morgan fingerprint density at radius 2 is 1.87 bits per heavy atom. The Labute approximate surface area is 173 Å². The average Bonchev–Trinajstić information content (AvgIpc) is 3.33. The number of piperazine rings is 1. The lowest BCUT2D eigenvalue weighted by molar-refractivity contribution is -0.155. The maximum atomic E-state index is 13.6. The molecular weight excluding hydrogens is 380 g/mol. The molecule has 2 fully saturated rings. The number of H-pyrrole nitrogens is 1. The van der Waals surface area contributed by atoms with Crippen LogP contribution >= 0.6 is 0 Å². The van der Waals surface area contributed by atoms with Gasteiger partial charge in [0, 0.05) is 41.2 Å². The van der Waals surface area contributed by atoms with Gasteiger partial charge in [0.05, 0.1) is 0 Å². The van der Waals surface area contributed by atoms with Crippen molar-refractivity contribution in [3.63, 3.8) is 0 Å². The van der Waals surface area contributed by atoms with E-state index in [0.717, 1.165) is 27.7 Å². The Morgan fingerprint density at radius 3 is 2.73 bits per heavy atom. The minimum Gasteiger partial charge on any atom is -0.381 e. The number of carbonyl (C=O) groups is 2. The summed E-state index contributed by atoms with van der Waals surface area (Å²) in [6.07, 6.45) is 1.77. The summed E-state index contributed by atoms with van der Waals surface area (Å²) in [5, 5.41) is 18.8. The van der Waals surface area contributed by atoms with Gasteiger partial charge >= 0.3 is 0 Å². The van der Waals surface area contributed by atoms with Gasteiger partial charge in [-0.05, 0) is 24.6 Å². The topological polar surface area (TPSA) is 97.5 Å². The van der Waals surface area contributed by atoms with E-state index in [1.807, 2.05) is 54.7 Å². The van der Waals surface area contributed by atoms with Crippen LogP contribution in [0.15, 0.2) is 54.7 Å². The van der Waals surface area contributed by atoms with Crippen LogP contribution in [0.3, 0.4) is 0 Å². The highest BCUT2D eigenvalue weighted by molar-refractivity contribution is 6.01. The molecule has 3 aliphatic heterocycles. The number of nitrogens with one attached hydrogen (secondary N) is 3. The van der Waals surface area contributed by atoms with Gasteiger partial charge in [0.2, 0.25) is 11.8 Å². The Hall–Kier alpha value is -3.32. The zero-order chi connectivity index (χ0) is 20.7. The van der Waals surface area contributed by atoms with Crippen LogP contribution in [0, 0.1) is 0 Å². The van der Waals surface area contributed by atoms with Crippen molar-refractivity contribution in [2.24, 2.45) is 0 Å². The average molecular weight is 402 g/mol. The van der Waals surface area contributed by atoms with Crippen molar-refractivity contribution >= 4 is 28.4 Å². The van der Waals surface area contributed by atoms with Gasteiger partial charge in [0.25, 0.3) is 0 Å². The molecule has 0 bridgehead atoms. The highest BCUT2D eigenvalue weighted by Crippen LogP contribution is 2.54. The van der Waals surface area contributed by atoms with Gasteiger partial charge in [0.15, 0.2) is 0 Å². The van der Waals surface area contributed by atoms with E-state index < -0.39 is 23.3 Å². The maximum Gasteiger partial charge on any atom is 0.248 e. The quantitative estimate of drug-likeness (QED) is 0.526. The summed E-state index contributed by atoms with van der Waals surface area (Å²) in [6.45, 7) is 1.74. The highest BCUT2D eigenvalue weighted by atomic mass is 16.3. The van der Waals surface area contributed by atoms with Crippen LogP contribution in [0.5, 0.6) is 0 Å². The molecule has 0 radical (unpaired) electrons. The standard InChI is InChI=1S/C23H22N4O3/c1-22-12-23(30)15-7-3-5-9-17(15)25-20(23)27(22)19(28)18(26-21(22)29)10-13-11-24-16-8-4-2-6-14(13)16/h2-9,11,18,20,24-25,30H,10,12H2,1H3,(H,26,29). The van der Waals surface area contributed by atoms with E-state index in [-0.39, 0.29) is 18.2 Å². The fraction of sp³-hybridized carbons (Fsp3) is 0.304. The van der Waals surface area contributed by atoms with E-state index in [2.05, 4.69) is 15.6 Å². The summed E-state index contributed by atoms with van der Waals surface area (Å²) in [4.78, 5) is 31.6. The number of anilines is 1. The third kappa shape index (κ3) is 2.07. The number of aromatic amines is 1. The van der Waals surface area contributed by atoms with Gasteiger partial charge in [-0.25, -0.2) is 0 Å². The van der Waals surface area contributed by atoms with E-state index in [0.29, 0.717) is 6.42 Å². The molecular formula is C23H22N4O3. The molecule has 7 heteroatoms. The molecule has 0 saturated carbocycles. The molecule has 4 unspecified atom stereocenters. The van der Waals surface area contributed by atoms with Crippen LogP contribution in [0.4, 0.5) is 5.69 Å². The number of carbonyl (C=O) groups excluding carboxylic acids is 2. The molecule has 152 valence electrons. The number of benzene rings is 2. The van der Waals surface area contributed by atoms with Gasteiger partial charge in [-0.2, -0.15) is 0 Å². The van der Waals surface area contributed by atoms with Gasteiger partial charge in [0.1, 0.15) is 23.3 Å². The number of hydrogen-bond acceptors (Lipinski definition) is 4. The zero-order valence-electron chi connectivity index (χ0n) is 16.5. The Bertz CT molecular complexity index is 1220. The second-order valence-corrected chi connectivity index (χ2v) is 8.77. The molecule has 2 saturated heterocycles. The van der Waals surface area contributed by atoms with Crippen molar-refractivity contribution in [1.82, 2.24) is 15.2 Å². The molecule has 2 amide bonds. The van der Waals surface area contributed by atoms with Crippen LogP contribution < -0.4 is 10.6 Å². The number of rotatable bonds is 2. The number of amides is 2. The summed E-state index contributed by atoms with van der Waals surface area (Å²) in [6, 6.07) is 14.7. The Balaban J connectivity index is 1.38. The van der Waals surface area contributed by atoms with Crippen molar-refractivity contribution in [1.29, 1.82) is 0 Å². The lowest BCUT2D eigenvalue weighted by atomic mass is 9.84. The van der Waals surface area contributed by atoms with E-state index in [4.69, 9.17) is 0 Å². The Kier molecular flexibility index (Phi) is 3.29. The van der Waals surface area contributed by atoms with E-state index in [9.17, 15) is 14.7 Å². The monoisotopic (exact) mass is 402 g/mol. The zero-order valence-corrected chi connectivity index (χ0v) is 16.5. The summed E-state index contributed by atoms with van der Waals surface area (Å²) < 4.78 is 0. The first kappa shape index (κ1) is 17.5. The van der Waals surface area contributed by atoms with Gasteiger partial charge in [-0.1, -0.05) is 36.4 Å². The van der Waals surface area contributed by atoms with Crippen molar-refractivity contribution in [2.75, 3.05) is 5.32 Å². The van der Waals surface area contributed by atoms with Crippen LogP contribution in [-0.2, 0) is 21.6 Å². The molecule has 1 aromatic heterocycles. The first-order valence-electron chi connectivity index (χ1n) is 10.2. The summed E-state index contributed by atoms with van der Waals surface area (Å²) in [5.74, 6) is -0.405. The lowest BCUT2D eigenvalue weighted by Gasteiger charge is -2.43. The van der Waals surface area contributed by atoms with Crippen molar-refractivity contribution in [3.05, 3.63) is 65.9 Å². The molecule has 2 aromatic carbocycles. The van der Waals surface area contributed by atoms with E-state index >= 15 is 0 Å². The fourth-order valence-electron chi connectivity index (χ4n) is 5.53. The number of hydrogen-bond donors (Lipinski definition) is 4. The summed E-state index contributed by atoms with van der Waals surface area (Å²) in [5.41, 5.74) is 1.11. The highest BCUT2D eigenvalue weighted by Gasteiger charge is 2.67. The molecule has 0 spiro atoms. The van der Waals surface area contributed by atoms with Crippen LogP contribution in [0.2, 0.25) is 0 Å². The van der Waals surface area contributed by atoms with Gasteiger partial charge < -0.3 is 25.6 Å². The van der Waals surface area contributed by atoms with E-state index in [1.165, 1.54) is 0 Å². The molecule has 4 N–H and O–H groups in total. The van der Waals surface area contributed by atoms with Gasteiger partial charge in [-0.3, -0.25) is 9.59 Å². The van der Waals surface area contributed by atoms with Crippen molar-refractivity contribution in [3.8, 4) is 0 Å². The van der Waals surface area contributed by atoms with E-state index in [1.54, 1.807) is 11.8 Å². The smallest absolute Gasteiger partial charge is 0.248 e. The molecule has 30 heavy (non-hydrogen) atoms. The Morgan fingerprint density at radius 1 is 1.10 bits per heavy atom. The minimum atomic E-state index is -1.30. The molecule has 3 aromatic rings. The molecule has 3 aliphatic rings. The first-order valence-corrected chi connectivity index (χ1v) is 10.2. The fourth-order valence-corrected chi connectivity index (χ4v) is 5.53. The molecule has 6 rings (SSSR count). The first-order chi connectivity index (χ1) is 14.4. The second kappa shape index (κ2) is 5.64. The SMILES string of the molecule is CC12CC3(O)c4ccccc4NC3N1C(=O)C(Cc1c[nH]c3ccccc13)NC2=O. The summed E-state index contributed by atoms with van der Waals surface area (Å²) in [7, 11) is 0. The third-order valence-corrected chi connectivity index (χ3v) is 6.97. The van der Waals surface area contributed by atoms with Crippen molar-refractivity contribution in [2.45, 2.75) is 43.1 Å². The summed E-state index contributed by atoms with van der Waals surface area (Å²) >= 11 is 0. The second-order valence-electron chi connectivity index (χ2n) is 8.77. The van der Waals surface area contributed by atoms with Crippen LogP contribution in [-0.4, -0.2) is 44.6 Å². The third-order valence-electron chi connectivity index (χ3n) is 6.97. The molecule has 4 heterocycles. The molecule has 7 nitrogen and oxygen atoms in total. The van der Waals surface area contributed by atoms with Crippen molar-refractivity contribution < 1.29 is 14.7 Å². The molecule has 0 aliphatic carbocycles. The predicted octanol–water partition coefficient (Wildman–Crippen LogP) is 1.84. The number of para-hydroxylation sites is 2. The minimum absolute atomic E-state index is 0.159. The largest absolute Gasteiger partial charge is 0.381 e. The van der Waals surface area contributed by atoms with Crippen LogP contribution in [0.25, 0.3) is 10.9 Å². The predicted molar refractivity (Wildman–Crippen MR) is 112 cm³/mol. The number of aromatic nitrogens is 1. The number of nitrogens with zero attached hydrogens (tertiary/aromatic N) is 1. The number of aliphatic hydroxyl groups is 1.